The number of hydrogen-bond donors (Lipinski definition) is 4. The summed E-state index contributed by atoms with van der Waals surface area (Å²) < 4.78 is 0. The molecule has 142 valence electrons. The molecule has 0 radical (unpaired) electrons. The van der Waals surface area contributed by atoms with Gasteiger partial charge in [0.25, 0.3) is 5.91 Å². The quantitative estimate of drug-likeness (QED) is 0.526. The van der Waals surface area contributed by atoms with Gasteiger partial charge in [0, 0.05) is 24.1 Å². The third-order valence-electron chi connectivity index (χ3n) is 3.66. The lowest BCUT2D eigenvalue weighted by Gasteiger charge is -2.13. The number of carbonyl (C=O) groups is 2. The summed E-state index contributed by atoms with van der Waals surface area (Å²) in [6.45, 7) is 2.28. The molecular weight excluding hydrogens is 356 g/mol. The molecule has 0 unspecified atom stereocenters. The molecule has 8 heteroatoms. The molecule has 0 aliphatic carbocycles. The zero-order valence-electron chi connectivity index (χ0n) is 15.3. The summed E-state index contributed by atoms with van der Waals surface area (Å²) >= 11 is 0. The van der Waals surface area contributed by atoms with Gasteiger partial charge < -0.3 is 16.0 Å². The molecule has 3 amide bonds. The highest BCUT2D eigenvalue weighted by molar-refractivity contribution is 6.07. The monoisotopic (exact) mass is 376 g/mol. The third kappa shape index (κ3) is 5.04. The summed E-state index contributed by atoms with van der Waals surface area (Å²) in [5.41, 5.74) is 1.65. The van der Waals surface area contributed by atoms with Gasteiger partial charge in [-0.15, -0.1) is 0 Å². The Bertz CT molecular complexity index is 947. The number of benzene rings is 2. The fourth-order valence-corrected chi connectivity index (χ4v) is 2.39. The Morgan fingerprint density at radius 1 is 0.893 bits per heavy atom. The summed E-state index contributed by atoms with van der Waals surface area (Å²) in [4.78, 5) is 32.9. The second-order valence-corrected chi connectivity index (χ2v) is 5.75. The van der Waals surface area contributed by atoms with Gasteiger partial charge in [0.05, 0.1) is 0 Å². The van der Waals surface area contributed by atoms with Crippen molar-refractivity contribution < 1.29 is 9.59 Å². The molecule has 3 rings (SSSR count). The summed E-state index contributed by atoms with van der Waals surface area (Å²) in [5.74, 6) is -0.00346. The molecule has 0 atom stereocenters. The van der Waals surface area contributed by atoms with Crippen molar-refractivity contribution in [3.8, 4) is 0 Å². The van der Waals surface area contributed by atoms with E-state index in [2.05, 4.69) is 31.2 Å². The van der Waals surface area contributed by atoms with Gasteiger partial charge in [-0.2, -0.15) is 4.98 Å². The number of amides is 3. The molecule has 0 fully saturated rings. The predicted octanol–water partition coefficient (Wildman–Crippen LogP) is 3.61. The lowest BCUT2D eigenvalue weighted by Crippen LogP contribution is -2.29. The first-order valence-corrected chi connectivity index (χ1v) is 8.76. The van der Waals surface area contributed by atoms with E-state index in [1.54, 1.807) is 19.1 Å². The molecule has 0 bridgehead atoms. The van der Waals surface area contributed by atoms with Crippen LogP contribution in [0, 0.1) is 0 Å². The van der Waals surface area contributed by atoms with Gasteiger partial charge in [0.2, 0.25) is 5.95 Å². The lowest BCUT2D eigenvalue weighted by molar-refractivity contribution is 0.102. The maximum absolute atomic E-state index is 12.7. The molecule has 0 saturated carbocycles. The zero-order valence-corrected chi connectivity index (χ0v) is 15.3. The minimum Gasteiger partial charge on any atom is -0.339 e. The number of rotatable bonds is 6. The lowest BCUT2D eigenvalue weighted by atomic mass is 10.2. The van der Waals surface area contributed by atoms with E-state index in [1.807, 2.05) is 48.5 Å². The Labute approximate surface area is 162 Å². The second kappa shape index (κ2) is 9.13. The van der Waals surface area contributed by atoms with Gasteiger partial charge in [-0.3, -0.25) is 10.1 Å². The summed E-state index contributed by atoms with van der Waals surface area (Å²) in [6.07, 6.45) is 1.37. The van der Waals surface area contributed by atoms with Crippen LogP contribution in [0.5, 0.6) is 0 Å². The summed E-state index contributed by atoms with van der Waals surface area (Å²) in [7, 11) is 0. The van der Waals surface area contributed by atoms with E-state index in [4.69, 9.17) is 0 Å². The molecule has 1 aromatic heterocycles. The first-order chi connectivity index (χ1) is 13.7. The van der Waals surface area contributed by atoms with Gasteiger partial charge >= 0.3 is 6.03 Å². The van der Waals surface area contributed by atoms with E-state index in [-0.39, 0.29) is 23.2 Å². The second-order valence-electron chi connectivity index (χ2n) is 5.75. The van der Waals surface area contributed by atoms with Crippen LogP contribution in [0.4, 0.5) is 27.9 Å². The van der Waals surface area contributed by atoms with Crippen LogP contribution in [-0.4, -0.2) is 28.5 Å². The largest absolute Gasteiger partial charge is 0.339 e. The zero-order chi connectivity index (χ0) is 19.8. The molecule has 3 aromatic rings. The van der Waals surface area contributed by atoms with E-state index in [0.717, 1.165) is 5.69 Å². The molecule has 8 nitrogen and oxygen atoms in total. The summed E-state index contributed by atoms with van der Waals surface area (Å²) in [5, 5.41) is 11.1. The Hall–Kier alpha value is -3.94. The molecule has 0 spiro atoms. The minimum atomic E-state index is -0.422. The van der Waals surface area contributed by atoms with Crippen LogP contribution in [0.3, 0.4) is 0 Å². The molecule has 2 aromatic carbocycles. The first-order valence-electron chi connectivity index (χ1n) is 8.76. The minimum absolute atomic E-state index is 0.0839. The van der Waals surface area contributed by atoms with E-state index in [0.29, 0.717) is 12.2 Å². The van der Waals surface area contributed by atoms with Crippen LogP contribution >= 0.6 is 0 Å². The van der Waals surface area contributed by atoms with Gasteiger partial charge in [0.1, 0.15) is 11.4 Å². The average Bonchev–Trinajstić information content (AvgIpc) is 2.70. The Morgan fingerprint density at radius 2 is 1.54 bits per heavy atom. The van der Waals surface area contributed by atoms with Crippen molar-refractivity contribution in [2.24, 2.45) is 0 Å². The smallest absolute Gasteiger partial charge is 0.321 e. The number of para-hydroxylation sites is 2. The number of urea groups is 1. The first kappa shape index (κ1) is 18.8. The van der Waals surface area contributed by atoms with Crippen molar-refractivity contribution in [3.05, 3.63) is 72.4 Å². The van der Waals surface area contributed by atoms with Crippen LogP contribution in [0.25, 0.3) is 0 Å². The van der Waals surface area contributed by atoms with Crippen LogP contribution in [0.1, 0.15) is 17.3 Å². The van der Waals surface area contributed by atoms with Gasteiger partial charge in [0.15, 0.2) is 0 Å². The number of carbonyl (C=O) groups excluding carboxylic acids is 2. The highest BCUT2D eigenvalue weighted by Gasteiger charge is 2.16. The molecule has 0 aliphatic rings. The fraction of sp³-hybridized carbons (Fsp3) is 0.100. The van der Waals surface area contributed by atoms with Crippen LogP contribution in [-0.2, 0) is 0 Å². The van der Waals surface area contributed by atoms with E-state index < -0.39 is 6.03 Å². The van der Waals surface area contributed by atoms with Gasteiger partial charge in [-0.25, -0.2) is 9.78 Å². The van der Waals surface area contributed by atoms with E-state index >= 15 is 0 Å². The number of hydrogen-bond acceptors (Lipinski definition) is 5. The Balaban J connectivity index is 1.88. The van der Waals surface area contributed by atoms with Crippen molar-refractivity contribution in [2.75, 3.05) is 22.5 Å². The summed E-state index contributed by atoms with van der Waals surface area (Å²) in [6, 6.07) is 18.0. The average molecular weight is 376 g/mol. The van der Waals surface area contributed by atoms with Crippen molar-refractivity contribution in [3.63, 3.8) is 0 Å². The number of aromatic nitrogens is 2. The number of nitrogens with zero attached hydrogens (tertiary/aromatic N) is 2. The van der Waals surface area contributed by atoms with Crippen molar-refractivity contribution in [1.29, 1.82) is 0 Å². The number of anilines is 4. The number of nitrogens with one attached hydrogen (secondary N) is 4. The van der Waals surface area contributed by atoms with Crippen molar-refractivity contribution in [2.45, 2.75) is 6.92 Å². The normalized spacial score (nSPS) is 10.0. The predicted molar refractivity (Wildman–Crippen MR) is 109 cm³/mol. The molecule has 28 heavy (non-hydrogen) atoms. The maximum atomic E-state index is 12.7. The maximum Gasteiger partial charge on any atom is 0.321 e. The highest BCUT2D eigenvalue weighted by atomic mass is 16.2. The van der Waals surface area contributed by atoms with Crippen LogP contribution in [0.2, 0.25) is 0 Å². The van der Waals surface area contributed by atoms with Crippen molar-refractivity contribution in [1.82, 2.24) is 15.3 Å². The van der Waals surface area contributed by atoms with Gasteiger partial charge in [-0.05, 0) is 31.2 Å². The molecule has 1 heterocycles. The van der Waals surface area contributed by atoms with E-state index in [1.165, 1.54) is 6.20 Å². The fourth-order valence-electron chi connectivity index (χ4n) is 2.39. The molecule has 0 saturated heterocycles. The van der Waals surface area contributed by atoms with Crippen LogP contribution < -0.4 is 21.3 Å². The highest BCUT2D eigenvalue weighted by Crippen LogP contribution is 2.21. The van der Waals surface area contributed by atoms with Crippen molar-refractivity contribution >= 4 is 35.1 Å². The molecule has 4 N–H and O–H groups in total. The van der Waals surface area contributed by atoms with Crippen LogP contribution in [0.15, 0.2) is 66.9 Å². The topological polar surface area (TPSA) is 108 Å². The van der Waals surface area contributed by atoms with Gasteiger partial charge in [-0.1, -0.05) is 36.4 Å². The molecular formula is C20H20N6O2. The SMILES string of the molecule is CCNC(=O)Nc1ncc(C(=O)Nc2ccccc2)c(Nc2ccccc2)n1. The molecule has 0 aliphatic heterocycles. The van der Waals surface area contributed by atoms with E-state index in [9.17, 15) is 9.59 Å². The Morgan fingerprint density at radius 3 is 2.18 bits per heavy atom. The standard InChI is InChI=1S/C20H20N6O2/c1-2-21-20(28)26-19-22-13-16(18(27)24-15-11-7-4-8-12-15)17(25-19)23-14-9-5-3-6-10-14/h3-13H,2H2,1H3,(H,24,27)(H3,21,22,23,25,26,28). The third-order valence-corrected chi connectivity index (χ3v) is 3.66. The Kier molecular flexibility index (Phi) is 6.14.